The van der Waals surface area contributed by atoms with Crippen LogP contribution in [-0.2, 0) is 20.8 Å². The fourth-order valence-corrected chi connectivity index (χ4v) is 3.99. The van der Waals surface area contributed by atoms with Crippen molar-refractivity contribution in [1.82, 2.24) is 15.5 Å². The molecule has 0 aromatic heterocycles. The number of carbonyl (C=O) groups excluding carboxylic acids is 2. The molecule has 12 heteroatoms. The summed E-state index contributed by atoms with van der Waals surface area (Å²) in [6, 6.07) is 12.3. The Morgan fingerprint density at radius 1 is 1.03 bits per heavy atom. The van der Waals surface area contributed by atoms with Crippen molar-refractivity contribution in [2.75, 3.05) is 71.1 Å². The maximum Gasteiger partial charge on any atom is 0.293 e. The number of piperazine rings is 1. The van der Waals surface area contributed by atoms with E-state index >= 15 is 0 Å². The second-order valence-electron chi connectivity index (χ2n) is 8.44. The molecular formula is C25H32ClN5O6. The van der Waals surface area contributed by atoms with Crippen molar-refractivity contribution in [3.05, 3.63) is 68.7 Å². The molecule has 200 valence electrons. The maximum atomic E-state index is 12.5. The highest BCUT2D eigenvalue weighted by molar-refractivity contribution is 6.30. The van der Waals surface area contributed by atoms with E-state index in [9.17, 15) is 19.7 Å². The molecule has 0 radical (unpaired) electrons. The number of rotatable bonds is 13. The van der Waals surface area contributed by atoms with Crippen LogP contribution in [0.4, 0.5) is 11.4 Å². The van der Waals surface area contributed by atoms with E-state index in [4.69, 9.17) is 21.1 Å². The number of nitrogens with zero attached hydrogens (tertiary/aromatic N) is 3. The lowest BCUT2D eigenvalue weighted by Crippen LogP contribution is -2.46. The minimum absolute atomic E-state index is 0.0372. The Bertz CT molecular complexity index is 1060. The number of likely N-dealkylation sites (N-methyl/N-ethyl adjacent to an activating group) is 1. The lowest BCUT2D eigenvalue weighted by Gasteiger charge is -2.35. The monoisotopic (exact) mass is 533 g/mol. The second kappa shape index (κ2) is 14.5. The molecule has 0 unspecified atom stereocenters. The first-order valence-electron chi connectivity index (χ1n) is 12.0. The Balaban J connectivity index is 1.46. The Hall–Kier alpha value is -3.25. The highest BCUT2D eigenvalue weighted by Crippen LogP contribution is 2.30. The molecule has 1 heterocycles. The molecule has 1 fully saturated rings. The molecule has 3 rings (SSSR count). The van der Waals surface area contributed by atoms with Gasteiger partial charge in [0.15, 0.2) is 0 Å². The van der Waals surface area contributed by atoms with Crippen LogP contribution in [0.25, 0.3) is 0 Å². The van der Waals surface area contributed by atoms with Crippen LogP contribution >= 0.6 is 11.6 Å². The van der Waals surface area contributed by atoms with Gasteiger partial charge in [0, 0.05) is 63.0 Å². The Labute approximate surface area is 220 Å². The van der Waals surface area contributed by atoms with Gasteiger partial charge in [0.25, 0.3) is 11.6 Å². The summed E-state index contributed by atoms with van der Waals surface area (Å²) in [5, 5.41) is 17.6. The van der Waals surface area contributed by atoms with Crippen LogP contribution < -0.4 is 15.5 Å². The number of amides is 2. The van der Waals surface area contributed by atoms with Crippen molar-refractivity contribution in [2.24, 2.45) is 0 Å². The largest absolute Gasteiger partial charge is 0.377 e. The number of nitro groups is 1. The predicted octanol–water partition coefficient (Wildman–Crippen LogP) is 2.08. The van der Waals surface area contributed by atoms with E-state index in [-0.39, 0.29) is 50.1 Å². The highest BCUT2D eigenvalue weighted by atomic mass is 35.5. The third-order valence-corrected chi connectivity index (χ3v) is 6.13. The topological polar surface area (TPSA) is 126 Å². The van der Waals surface area contributed by atoms with Crippen LogP contribution in [0.1, 0.15) is 15.9 Å². The van der Waals surface area contributed by atoms with E-state index in [1.54, 1.807) is 12.1 Å². The smallest absolute Gasteiger partial charge is 0.293 e. The lowest BCUT2D eigenvalue weighted by molar-refractivity contribution is -0.384. The normalized spacial score (nSPS) is 13.8. The summed E-state index contributed by atoms with van der Waals surface area (Å²) in [6.45, 7) is 4.58. The zero-order valence-electron chi connectivity index (χ0n) is 20.8. The van der Waals surface area contributed by atoms with Gasteiger partial charge >= 0.3 is 0 Å². The quantitative estimate of drug-likeness (QED) is 0.228. The summed E-state index contributed by atoms with van der Waals surface area (Å²) in [5.41, 5.74) is 1.79. The van der Waals surface area contributed by atoms with Gasteiger partial charge in [0.2, 0.25) is 5.91 Å². The van der Waals surface area contributed by atoms with Gasteiger partial charge < -0.3 is 25.0 Å². The fraction of sp³-hybridized carbons (Fsp3) is 0.440. The predicted molar refractivity (Wildman–Crippen MR) is 140 cm³/mol. The summed E-state index contributed by atoms with van der Waals surface area (Å²) in [4.78, 5) is 39.2. The van der Waals surface area contributed by atoms with Gasteiger partial charge in [-0.2, -0.15) is 0 Å². The molecule has 0 saturated carbocycles. The molecule has 0 bridgehead atoms. The molecule has 37 heavy (non-hydrogen) atoms. The third kappa shape index (κ3) is 8.97. The van der Waals surface area contributed by atoms with Gasteiger partial charge in [-0.15, -0.1) is 0 Å². The summed E-state index contributed by atoms with van der Waals surface area (Å²) in [7, 11) is 1.53. The molecule has 2 N–H and O–H groups in total. The van der Waals surface area contributed by atoms with E-state index in [0.717, 1.165) is 19.6 Å². The van der Waals surface area contributed by atoms with Gasteiger partial charge in [-0.25, -0.2) is 0 Å². The number of nitro benzene ring substituents is 1. The van der Waals surface area contributed by atoms with E-state index in [2.05, 4.69) is 15.5 Å². The van der Waals surface area contributed by atoms with Crippen LogP contribution in [0.2, 0.25) is 5.02 Å². The highest BCUT2D eigenvalue weighted by Gasteiger charge is 2.25. The van der Waals surface area contributed by atoms with Crippen molar-refractivity contribution in [3.8, 4) is 0 Å². The second-order valence-corrected chi connectivity index (χ2v) is 8.88. The average molecular weight is 534 g/mol. The van der Waals surface area contributed by atoms with Crippen LogP contribution in [-0.4, -0.2) is 87.8 Å². The van der Waals surface area contributed by atoms with Gasteiger partial charge in [-0.1, -0.05) is 23.7 Å². The SMILES string of the molecule is CNC(=O)COCCOCCNC(=O)c1ccc(N2CCN(Cc3ccc(Cl)cc3)CC2)c([N+](=O)[O-])c1. The van der Waals surface area contributed by atoms with Crippen LogP contribution in [0, 0.1) is 10.1 Å². The van der Waals surface area contributed by atoms with Crippen molar-refractivity contribution in [2.45, 2.75) is 6.54 Å². The zero-order valence-corrected chi connectivity index (χ0v) is 21.5. The van der Waals surface area contributed by atoms with Crippen LogP contribution in [0.3, 0.4) is 0 Å². The van der Waals surface area contributed by atoms with E-state index in [1.165, 1.54) is 18.7 Å². The molecule has 1 aliphatic rings. The molecule has 0 aliphatic carbocycles. The number of benzene rings is 2. The number of hydrogen-bond acceptors (Lipinski definition) is 8. The minimum Gasteiger partial charge on any atom is -0.377 e. The number of nitrogens with one attached hydrogen (secondary N) is 2. The number of carbonyl (C=O) groups is 2. The minimum atomic E-state index is -0.450. The maximum absolute atomic E-state index is 12.5. The van der Waals surface area contributed by atoms with E-state index in [1.807, 2.05) is 29.2 Å². The van der Waals surface area contributed by atoms with Crippen LogP contribution in [0.5, 0.6) is 0 Å². The van der Waals surface area contributed by atoms with Crippen molar-refractivity contribution >= 4 is 34.8 Å². The van der Waals surface area contributed by atoms with Gasteiger partial charge in [-0.3, -0.25) is 24.6 Å². The Kier molecular flexibility index (Phi) is 11.1. The Morgan fingerprint density at radius 2 is 1.73 bits per heavy atom. The molecule has 11 nitrogen and oxygen atoms in total. The standard InChI is InChI=1S/C25H32ClN5O6/c1-27-24(32)18-37-15-14-36-13-8-28-25(33)20-4-7-22(23(16-20)31(34)35)30-11-9-29(10-12-30)17-19-2-5-21(26)6-3-19/h2-7,16H,8-15,17-18H2,1H3,(H,27,32)(H,28,33). The average Bonchev–Trinajstić information content (AvgIpc) is 2.91. The number of ether oxygens (including phenoxy) is 2. The summed E-state index contributed by atoms with van der Waals surface area (Å²) in [6.07, 6.45) is 0. The van der Waals surface area contributed by atoms with E-state index in [0.29, 0.717) is 23.8 Å². The third-order valence-electron chi connectivity index (χ3n) is 5.88. The number of anilines is 1. The Morgan fingerprint density at radius 3 is 2.41 bits per heavy atom. The van der Waals surface area contributed by atoms with E-state index < -0.39 is 10.8 Å². The fourth-order valence-electron chi connectivity index (χ4n) is 3.87. The molecule has 1 saturated heterocycles. The zero-order chi connectivity index (χ0) is 26.6. The molecule has 2 aromatic rings. The van der Waals surface area contributed by atoms with Gasteiger partial charge in [0.05, 0.1) is 24.7 Å². The number of hydrogen-bond donors (Lipinski definition) is 2. The van der Waals surface area contributed by atoms with Crippen molar-refractivity contribution in [1.29, 1.82) is 0 Å². The van der Waals surface area contributed by atoms with Crippen molar-refractivity contribution in [3.63, 3.8) is 0 Å². The molecule has 0 spiro atoms. The summed E-state index contributed by atoms with van der Waals surface area (Å²) < 4.78 is 10.5. The van der Waals surface area contributed by atoms with Gasteiger partial charge in [0.1, 0.15) is 12.3 Å². The summed E-state index contributed by atoms with van der Waals surface area (Å²) in [5.74, 6) is -0.634. The first-order valence-corrected chi connectivity index (χ1v) is 12.4. The molecule has 2 aromatic carbocycles. The first-order chi connectivity index (χ1) is 17.9. The number of halogens is 1. The van der Waals surface area contributed by atoms with Crippen LogP contribution in [0.15, 0.2) is 42.5 Å². The lowest BCUT2D eigenvalue weighted by atomic mass is 10.1. The molecule has 2 amide bonds. The summed E-state index contributed by atoms with van der Waals surface area (Å²) >= 11 is 5.96. The first kappa shape index (κ1) is 28.3. The molecule has 1 aliphatic heterocycles. The molecule has 0 atom stereocenters. The molecular weight excluding hydrogens is 502 g/mol. The van der Waals surface area contributed by atoms with Crippen molar-refractivity contribution < 1.29 is 24.0 Å². The van der Waals surface area contributed by atoms with Gasteiger partial charge in [-0.05, 0) is 29.8 Å².